The molecule has 0 atom stereocenters. The molecule has 112 heavy (non-hydrogen) atoms. The number of hydrogen-bond donors (Lipinski definition) is 0. The van der Waals surface area contributed by atoms with Crippen LogP contribution < -0.4 is 0 Å². The van der Waals surface area contributed by atoms with Crippen molar-refractivity contribution < 1.29 is 0 Å². The molecule has 0 unspecified atom stereocenters. The zero-order chi connectivity index (χ0) is 74.4. The lowest BCUT2D eigenvalue weighted by atomic mass is 9.67. The fraction of sp³-hybridized carbons (Fsp3) is 0.0566. The van der Waals surface area contributed by atoms with E-state index in [1.807, 2.05) is 0 Å². The number of hydrogen-bond acceptors (Lipinski definition) is 4. The van der Waals surface area contributed by atoms with Crippen LogP contribution in [0.1, 0.15) is 58.4 Å². The Morgan fingerprint density at radius 3 is 0.964 bits per heavy atom. The maximum absolute atomic E-state index is 5.39. The van der Waals surface area contributed by atoms with Crippen molar-refractivity contribution in [3.8, 4) is 89.8 Å². The van der Waals surface area contributed by atoms with Gasteiger partial charge in [-0.3, -0.25) is 0 Å². The maximum atomic E-state index is 5.39. The Bertz CT molecular complexity index is 6970. The Morgan fingerprint density at radius 2 is 0.545 bits per heavy atom. The maximum Gasteiger partial charge on any atom is 0.141 e. The highest BCUT2D eigenvalue weighted by atomic mass is 15.1. The van der Waals surface area contributed by atoms with E-state index < -0.39 is 10.8 Å². The third-order valence-corrected chi connectivity index (χ3v) is 23.7. The molecule has 0 radical (unpaired) electrons. The van der Waals surface area contributed by atoms with Gasteiger partial charge in [0.05, 0.1) is 55.3 Å². The quantitative estimate of drug-likeness (QED) is 0.114. The summed E-state index contributed by atoms with van der Waals surface area (Å²) in [4.78, 5) is 20.8. The topological polar surface area (TPSA) is 61.4 Å². The molecule has 6 heteroatoms. The van der Waals surface area contributed by atoms with Gasteiger partial charge in [-0.25, -0.2) is 19.9 Å². The molecule has 6 nitrogen and oxygen atoms in total. The Morgan fingerprint density at radius 1 is 0.214 bits per heavy atom. The predicted molar refractivity (Wildman–Crippen MR) is 464 cm³/mol. The molecule has 0 saturated carbocycles. The van der Waals surface area contributed by atoms with Crippen LogP contribution in [0.3, 0.4) is 0 Å². The Hall–Kier alpha value is -14.2. The number of fused-ring (bicyclic) bond motifs is 14. The van der Waals surface area contributed by atoms with Gasteiger partial charge in [0.1, 0.15) is 11.6 Å². The van der Waals surface area contributed by atoms with Gasteiger partial charge in [0.15, 0.2) is 0 Å². The van der Waals surface area contributed by atoms with Crippen molar-refractivity contribution in [2.75, 3.05) is 0 Å². The summed E-state index contributed by atoms with van der Waals surface area (Å²) in [5.74, 6) is 2.00. The smallest absolute Gasteiger partial charge is 0.141 e. The first-order chi connectivity index (χ1) is 55.4. The van der Waals surface area contributed by atoms with Crippen molar-refractivity contribution in [2.45, 2.75) is 37.8 Å². The van der Waals surface area contributed by atoms with E-state index in [0.29, 0.717) is 0 Å². The first-order valence-corrected chi connectivity index (χ1v) is 38.9. The van der Waals surface area contributed by atoms with Gasteiger partial charge in [0.2, 0.25) is 0 Å². The van der Waals surface area contributed by atoms with Gasteiger partial charge in [-0.15, -0.1) is 0 Å². The van der Waals surface area contributed by atoms with Crippen molar-refractivity contribution in [3.05, 3.63) is 433 Å². The SMILES string of the molecule is CCn1c(-c2ccc(-c3ccc(-c4nc5ccccc5c5cc6c(cc45)-c4ccccc4C6(c4ccccc4)c4ccccc4)cc3)cc2)nc2ccccc21.CCn1c(-c2cccc(-c3ccc(-c4nc5ccccc5c5cc6c(cc45)-c4ccccc4C6(c4ccccc4)c4ccccc4)cc3)c2)nc2ccccc21. The van der Waals surface area contributed by atoms with Crippen LogP contribution in [0.25, 0.3) is 155 Å². The Balaban J connectivity index is 0.000000141. The molecule has 0 aliphatic heterocycles. The number of rotatable bonds is 12. The van der Waals surface area contributed by atoms with E-state index in [1.54, 1.807) is 0 Å². The first-order valence-electron chi connectivity index (χ1n) is 38.9. The van der Waals surface area contributed by atoms with Crippen LogP contribution in [0.15, 0.2) is 388 Å². The average molecular weight is 1430 g/mol. The van der Waals surface area contributed by atoms with Crippen molar-refractivity contribution in [3.63, 3.8) is 0 Å². The van der Waals surface area contributed by atoms with Crippen molar-refractivity contribution >= 4 is 65.4 Å². The molecule has 0 N–H and O–H groups in total. The normalized spacial score (nSPS) is 12.9. The molecule has 528 valence electrons. The lowest BCUT2D eigenvalue weighted by Gasteiger charge is -2.34. The summed E-state index contributed by atoms with van der Waals surface area (Å²) in [6, 6.07) is 141. The average Bonchev–Trinajstić information content (AvgIpc) is 1.50. The van der Waals surface area contributed by atoms with Crippen LogP contribution in [0.4, 0.5) is 0 Å². The van der Waals surface area contributed by atoms with E-state index in [1.165, 1.54) is 94.2 Å². The minimum absolute atomic E-state index is 0.465. The predicted octanol–water partition coefficient (Wildman–Crippen LogP) is 26.2. The van der Waals surface area contributed by atoms with Crippen molar-refractivity contribution in [1.82, 2.24) is 29.1 Å². The summed E-state index contributed by atoms with van der Waals surface area (Å²) in [7, 11) is 0. The molecule has 16 aromatic carbocycles. The minimum Gasteiger partial charge on any atom is -0.324 e. The van der Waals surface area contributed by atoms with E-state index in [-0.39, 0.29) is 0 Å². The van der Waals surface area contributed by atoms with Gasteiger partial charge in [-0.1, -0.05) is 322 Å². The van der Waals surface area contributed by atoms with Crippen LogP contribution in [-0.4, -0.2) is 29.1 Å². The fourth-order valence-corrected chi connectivity index (χ4v) is 18.7. The van der Waals surface area contributed by atoms with Gasteiger partial charge in [0.25, 0.3) is 0 Å². The standard InChI is InChI=1S/2C53H37N3/c1-2-56-50-27-14-13-26-49(50)55-52(56)38-17-15-16-37(32-38)35-28-30-36(31-29-35)51-45-33-44-41-22-9-11-24-46(41)53(39-18-5-3-6-19-39,40-20-7-4-8-21-40)47(44)34-43(45)42-23-10-12-25-48(42)54-51;1-2-56-50-24-14-13-23-49(50)55-52(56)38-31-27-36(28-32-38)35-25-29-37(30-26-35)51-45-33-44-41-19-9-11-21-46(41)53(39-15-5-3-6-16-39,40-17-7-4-8-18-40)47(44)34-43(45)42-20-10-12-22-48(42)54-51/h2*3-34H,2H2,1H3. The molecular weight excluding hydrogens is 1360 g/mol. The molecule has 4 heterocycles. The number of pyridine rings is 2. The van der Waals surface area contributed by atoms with E-state index in [2.05, 4.69) is 411 Å². The number of aromatic nitrogens is 6. The zero-order valence-corrected chi connectivity index (χ0v) is 62.0. The highest BCUT2D eigenvalue weighted by molar-refractivity contribution is 6.15. The van der Waals surface area contributed by atoms with Gasteiger partial charge in [-0.05, 0) is 180 Å². The number of aryl methyl sites for hydroxylation is 2. The summed E-state index contributed by atoms with van der Waals surface area (Å²) < 4.78 is 4.59. The molecule has 4 aromatic heterocycles. The minimum atomic E-state index is -0.468. The Kier molecular flexibility index (Phi) is 15.8. The van der Waals surface area contributed by atoms with Crippen LogP contribution in [-0.2, 0) is 23.9 Å². The summed E-state index contributed by atoms with van der Waals surface area (Å²) in [5.41, 5.74) is 31.8. The van der Waals surface area contributed by atoms with Gasteiger partial charge in [0, 0.05) is 56.9 Å². The number of imidazole rings is 2. The van der Waals surface area contributed by atoms with Crippen LogP contribution >= 0.6 is 0 Å². The van der Waals surface area contributed by atoms with E-state index in [0.717, 1.165) is 119 Å². The molecular formula is C106H74N6. The van der Waals surface area contributed by atoms with Crippen LogP contribution in [0.5, 0.6) is 0 Å². The van der Waals surface area contributed by atoms with Crippen LogP contribution in [0.2, 0.25) is 0 Å². The van der Waals surface area contributed by atoms with Crippen LogP contribution in [0, 0.1) is 0 Å². The first kappa shape index (κ1) is 66.0. The second-order valence-electron chi connectivity index (χ2n) is 29.5. The summed E-state index contributed by atoms with van der Waals surface area (Å²) in [6.45, 7) is 6.08. The lowest BCUT2D eigenvalue weighted by Crippen LogP contribution is -2.28. The van der Waals surface area contributed by atoms with E-state index >= 15 is 0 Å². The van der Waals surface area contributed by atoms with Gasteiger partial charge >= 0.3 is 0 Å². The molecule has 0 spiro atoms. The number of benzene rings is 16. The monoisotopic (exact) mass is 1430 g/mol. The molecule has 0 bridgehead atoms. The number of para-hydroxylation sites is 6. The molecule has 20 aromatic rings. The van der Waals surface area contributed by atoms with Gasteiger partial charge in [-0.2, -0.15) is 0 Å². The second kappa shape index (κ2) is 26.9. The van der Waals surface area contributed by atoms with Gasteiger partial charge < -0.3 is 9.13 Å². The molecule has 2 aliphatic rings. The zero-order valence-electron chi connectivity index (χ0n) is 62.0. The Labute approximate surface area is 650 Å². The molecule has 0 saturated heterocycles. The third-order valence-electron chi connectivity index (χ3n) is 23.7. The lowest BCUT2D eigenvalue weighted by molar-refractivity contribution is 0.769. The molecule has 22 rings (SSSR count). The highest BCUT2D eigenvalue weighted by Crippen LogP contribution is 2.60. The summed E-state index contributed by atoms with van der Waals surface area (Å²) in [6.07, 6.45) is 0. The van der Waals surface area contributed by atoms with Crippen molar-refractivity contribution in [2.24, 2.45) is 0 Å². The van der Waals surface area contributed by atoms with E-state index in [9.17, 15) is 0 Å². The molecule has 2 aliphatic carbocycles. The van der Waals surface area contributed by atoms with Crippen molar-refractivity contribution in [1.29, 1.82) is 0 Å². The highest BCUT2D eigenvalue weighted by Gasteiger charge is 2.48. The molecule has 0 fully saturated rings. The van der Waals surface area contributed by atoms with E-state index in [4.69, 9.17) is 19.9 Å². The second-order valence-corrected chi connectivity index (χ2v) is 29.5. The number of nitrogens with zero attached hydrogens (tertiary/aromatic N) is 6. The third kappa shape index (κ3) is 10.4. The fourth-order valence-electron chi connectivity index (χ4n) is 18.7. The summed E-state index contributed by atoms with van der Waals surface area (Å²) >= 11 is 0. The summed E-state index contributed by atoms with van der Waals surface area (Å²) in [5, 5.41) is 7.06. The molecule has 0 amide bonds. The largest absolute Gasteiger partial charge is 0.324 e.